The molecule has 0 amide bonds. The summed E-state index contributed by atoms with van der Waals surface area (Å²) in [5.74, 6) is -0.335. The molecule has 0 aliphatic heterocycles. The van der Waals surface area contributed by atoms with Crippen molar-refractivity contribution in [1.82, 2.24) is 4.90 Å². The highest BCUT2D eigenvalue weighted by molar-refractivity contribution is 6.06. The van der Waals surface area contributed by atoms with Crippen LogP contribution in [-0.2, 0) is 6.54 Å². The summed E-state index contributed by atoms with van der Waals surface area (Å²) in [6, 6.07) is 11.9. The fraction of sp³-hybridized carbons (Fsp3) is 0.125. The van der Waals surface area contributed by atoms with Crippen molar-refractivity contribution in [2.24, 2.45) is 5.73 Å². The van der Waals surface area contributed by atoms with Gasteiger partial charge in [0, 0.05) is 19.2 Å². The maximum absolute atomic E-state index is 13.5. The number of nitrogens with two attached hydrogens (primary N) is 1. The lowest BCUT2D eigenvalue weighted by atomic mass is 9.97. The molecule has 4 nitrogen and oxygen atoms in total. The van der Waals surface area contributed by atoms with E-state index in [-0.39, 0.29) is 5.84 Å². The molecule has 0 atom stereocenters. The first-order valence-corrected chi connectivity index (χ1v) is 6.48. The van der Waals surface area contributed by atoms with E-state index in [9.17, 15) is 4.39 Å². The fourth-order valence-electron chi connectivity index (χ4n) is 2.04. The van der Waals surface area contributed by atoms with Crippen molar-refractivity contribution in [3.8, 4) is 11.1 Å². The van der Waals surface area contributed by atoms with Crippen LogP contribution in [0.1, 0.15) is 11.1 Å². The Hall–Kier alpha value is -2.53. The Morgan fingerprint density at radius 3 is 2.48 bits per heavy atom. The molecule has 0 heterocycles. The van der Waals surface area contributed by atoms with Gasteiger partial charge in [-0.25, -0.2) is 4.39 Å². The summed E-state index contributed by atoms with van der Waals surface area (Å²) in [5, 5.41) is 15.3. The van der Waals surface area contributed by atoms with Gasteiger partial charge in [-0.1, -0.05) is 30.3 Å². The van der Waals surface area contributed by atoms with E-state index in [1.165, 1.54) is 17.0 Å². The van der Waals surface area contributed by atoms with E-state index in [0.717, 1.165) is 23.0 Å². The van der Waals surface area contributed by atoms with Crippen LogP contribution in [0.3, 0.4) is 0 Å². The van der Waals surface area contributed by atoms with Crippen LogP contribution in [0.2, 0.25) is 0 Å². The maximum atomic E-state index is 13.5. The van der Waals surface area contributed by atoms with Crippen molar-refractivity contribution in [2.45, 2.75) is 6.54 Å². The molecule has 21 heavy (non-hydrogen) atoms. The molecule has 0 aliphatic rings. The van der Waals surface area contributed by atoms with Crippen LogP contribution in [-0.4, -0.2) is 24.1 Å². The van der Waals surface area contributed by atoms with E-state index in [0.29, 0.717) is 12.1 Å². The summed E-state index contributed by atoms with van der Waals surface area (Å²) >= 11 is 0. The molecule has 0 fully saturated rings. The molecule has 0 unspecified atom stereocenters. The third-order valence-corrected chi connectivity index (χ3v) is 3.28. The second-order valence-electron chi connectivity index (χ2n) is 4.68. The van der Waals surface area contributed by atoms with E-state index in [2.05, 4.69) is 0 Å². The molecule has 0 radical (unpaired) electrons. The average molecular weight is 284 g/mol. The SMILES string of the molecule is CN(C=N)C(=N)c1cc(F)ccc1-c1ccc(CN)cc1. The fourth-order valence-corrected chi connectivity index (χ4v) is 2.04. The van der Waals surface area contributed by atoms with Gasteiger partial charge in [0.25, 0.3) is 0 Å². The van der Waals surface area contributed by atoms with Crippen molar-refractivity contribution >= 4 is 12.2 Å². The van der Waals surface area contributed by atoms with Crippen LogP contribution < -0.4 is 5.73 Å². The second-order valence-corrected chi connectivity index (χ2v) is 4.68. The predicted molar refractivity (Wildman–Crippen MR) is 83.1 cm³/mol. The number of nitrogens with one attached hydrogen (secondary N) is 2. The summed E-state index contributed by atoms with van der Waals surface area (Å²) in [4.78, 5) is 1.33. The normalized spacial score (nSPS) is 10.2. The third-order valence-electron chi connectivity index (χ3n) is 3.28. The summed E-state index contributed by atoms with van der Waals surface area (Å²) in [6.45, 7) is 0.461. The quantitative estimate of drug-likeness (QED) is 0.596. The zero-order valence-electron chi connectivity index (χ0n) is 11.7. The van der Waals surface area contributed by atoms with Crippen LogP contribution in [0, 0.1) is 16.6 Å². The Labute approximate surface area is 123 Å². The standard InChI is InChI=1S/C16H17FN4/c1-21(10-19)16(20)15-8-13(17)6-7-14(15)12-4-2-11(9-18)3-5-12/h2-8,10,19-20H,9,18H2,1H3. The Bertz CT molecular complexity index is 664. The molecular weight excluding hydrogens is 267 g/mol. The van der Waals surface area contributed by atoms with Gasteiger partial charge in [-0.05, 0) is 28.8 Å². The van der Waals surface area contributed by atoms with Crippen molar-refractivity contribution in [3.05, 3.63) is 59.4 Å². The minimum atomic E-state index is -0.407. The molecule has 0 aliphatic carbocycles. The van der Waals surface area contributed by atoms with E-state index < -0.39 is 5.82 Å². The predicted octanol–water partition coefficient (Wildman–Crippen LogP) is 2.82. The smallest absolute Gasteiger partial charge is 0.133 e. The molecule has 4 N–H and O–H groups in total. The lowest BCUT2D eigenvalue weighted by Gasteiger charge is -2.17. The second kappa shape index (κ2) is 6.28. The minimum Gasteiger partial charge on any atom is -0.326 e. The largest absolute Gasteiger partial charge is 0.326 e. The van der Waals surface area contributed by atoms with Crippen LogP contribution >= 0.6 is 0 Å². The Morgan fingerprint density at radius 2 is 1.90 bits per heavy atom. The zero-order valence-corrected chi connectivity index (χ0v) is 11.7. The molecule has 2 aromatic carbocycles. The molecule has 0 aromatic heterocycles. The monoisotopic (exact) mass is 284 g/mol. The Morgan fingerprint density at radius 1 is 1.24 bits per heavy atom. The Balaban J connectivity index is 2.52. The molecule has 108 valence electrons. The van der Waals surface area contributed by atoms with Crippen molar-refractivity contribution in [3.63, 3.8) is 0 Å². The van der Waals surface area contributed by atoms with Gasteiger partial charge < -0.3 is 10.6 Å². The summed E-state index contributed by atoms with van der Waals surface area (Å²) in [5.41, 5.74) is 8.66. The van der Waals surface area contributed by atoms with E-state index in [1.54, 1.807) is 13.1 Å². The van der Waals surface area contributed by atoms with Gasteiger partial charge in [-0.2, -0.15) is 0 Å². The van der Waals surface area contributed by atoms with Gasteiger partial charge in [0.15, 0.2) is 0 Å². The first kappa shape index (κ1) is 14.9. The van der Waals surface area contributed by atoms with Crippen LogP contribution in [0.25, 0.3) is 11.1 Å². The topological polar surface area (TPSA) is 77.0 Å². The van der Waals surface area contributed by atoms with Gasteiger partial charge in [-0.3, -0.25) is 10.8 Å². The van der Waals surface area contributed by atoms with Gasteiger partial charge in [0.1, 0.15) is 11.7 Å². The van der Waals surface area contributed by atoms with Crippen LogP contribution in [0.5, 0.6) is 0 Å². The average Bonchev–Trinajstić information content (AvgIpc) is 2.53. The third kappa shape index (κ3) is 3.14. The molecule has 0 bridgehead atoms. The Kier molecular flexibility index (Phi) is 4.45. The van der Waals surface area contributed by atoms with Crippen molar-refractivity contribution in [1.29, 1.82) is 10.8 Å². The number of nitrogens with zero attached hydrogens (tertiary/aromatic N) is 1. The van der Waals surface area contributed by atoms with Crippen LogP contribution in [0.15, 0.2) is 42.5 Å². The summed E-state index contributed by atoms with van der Waals surface area (Å²) < 4.78 is 13.5. The van der Waals surface area contributed by atoms with Crippen molar-refractivity contribution < 1.29 is 4.39 Å². The van der Waals surface area contributed by atoms with Gasteiger partial charge in [0.2, 0.25) is 0 Å². The number of hydrogen-bond donors (Lipinski definition) is 3. The lowest BCUT2D eigenvalue weighted by Crippen LogP contribution is -2.25. The maximum Gasteiger partial charge on any atom is 0.133 e. The van der Waals surface area contributed by atoms with Gasteiger partial charge in [0.05, 0.1) is 6.34 Å². The first-order chi connectivity index (χ1) is 10.1. The zero-order chi connectivity index (χ0) is 15.4. The van der Waals surface area contributed by atoms with Crippen LogP contribution in [0.4, 0.5) is 4.39 Å². The number of rotatable bonds is 4. The summed E-state index contributed by atoms with van der Waals surface area (Å²) in [7, 11) is 1.58. The lowest BCUT2D eigenvalue weighted by molar-refractivity contribution is 0.627. The molecule has 0 saturated heterocycles. The molecule has 2 aromatic rings. The molecule has 5 heteroatoms. The molecule has 0 saturated carbocycles. The minimum absolute atomic E-state index is 0.0717. The van der Waals surface area contributed by atoms with Crippen molar-refractivity contribution in [2.75, 3.05) is 7.05 Å². The number of benzene rings is 2. The highest BCUT2D eigenvalue weighted by Crippen LogP contribution is 2.26. The summed E-state index contributed by atoms with van der Waals surface area (Å²) in [6.07, 6.45) is 1.02. The number of hydrogen-bond acceptors (Lipinski definition) is 3. The highest BCUT2D eigenvalue weighted by Gasteiger charge is 2.13. The van der Waals surface area contributed by atoms with E-state index in [1.807, 2.05) is 24.3 Å². The van der Waals surface area contributed by atoms with E-state index in [4.69, 9.17) is 16.6 Å². The molecule has 0 spiro atoms. The highest BCUT2D eigenvalue weighted by atomic mass is 19.1. The number of amidine groups is 1. The number of halogens is 1. The first-order valence-electron chi connectivity index (χ1n) is 6.48. The molecule has 2 rings (SSSR count). The van der Waals surface area contributed by atoms with Gasteiger partial charge >= 0.3 is 0 Å². The van der Waals surface area contributed by atoms with Gasteiger partial charge in [-0.15, -0.1) is 0 Å². The molecular formula is C16H17FN4. The van der Waals surface area contributed by atoms with E-state index >= 15 is 0 Å².